The molecule has 0 N–H and O–H groups in total. The zero-order chi connectivity index (χ0) is 33.5. The van der Waals surface area contributed by atoms with Crippen molar-refractivity contribution in [3.05, 3.63) is 65.7 Å². The number of Topliss-reactive ketones (excluding diaryl/α,β-unsaturated/α-hetero) is 1. The molecule has 0 amide bonds. The Balaban J connectivity index is 1.42. The van der Waals surface area contributed by atoms with Crippen molar-refractivity contribution in [1.82, 2.24) is 0 Å². The molecule has 4 rings (SSSR count). The summed E-state index contributed by atoms with van der Waals surface area (Å²) < 4.78 is 43.3. The second-order valence-corrected chi connectivity index (χ2v) is 19.5. The minimum absolute atomic E-state index is 0.00105. The van der Waals surface area contributed by atoms with E-state index in [0.29, 0.717) is 45.5 Å². The molecule has 0 saturated carbocycles. The number of ketones is 1. The van der Waals surface area contributed by atoms with Crippen molar-refractivity contribution >= 4 is 14.1 Å². The summed E-state index contributed by atoms with van der Waals surface area (Å²) in [5, 5.41) is -0.00105. The molecule has 2 aromatic carbocycles. The number of methoxy groups -OCH3 is 1. The molecule has 2 aromatic rings. The van der Waals surface area contributed by atoms with Crippen LogP contribution in [0.15, 0.2) is 54.6 Å². The van der Waals surface area contributed by atoms with Gasteiger partial charge in [0.1, 0.15) is 11.5 Å². The number of ether oxygens (including phenoxy) is 6. The van der Waals surface area contributed by atoms with Gasteiger partial charge in [-0.1, -0.05) is 70.2 Å². The van der Waals surface area contributed by atoms with Crippen molar-refractivity contribution in [2.45, 2.75) is 128 Å². The van der Waals surface area contributed by atoms with Crippen LogP contribution in [0.25, 0.3) is 0 Å². The van der Waals surface area contributed by atoms with E-state index in [1.807, 2.05) is 63.2 Å². The van der Waals surface area contributed by atoms with Crippen molar-refractivity contribution in [1.29, 1.82) is 0 Å². The Morgan fingerprint density at radius 2 is 1.70 bits per heavy atom. The van der Waals surface area contributed by atoms with Crippen molar-refractivity contribution in [3.8, 4) is 5.75 Å². The number of carbonyl (C=O) groups is 1. The van der Waals surface area contributed by atoms with E-state index in [0.717, 1.165) is 16.9 Å². The van der Waals surface area contributed by atoms with E-state index in [9.17, 15) is 4.79 Å². The maximum absolute atomic E-state index is 13.9. The van der Waals surface area contributed by atoms with Gasteiger partial charge < -0.3 is 32.8 Å². The minimum atomic E-state index is -2.19. The summed E-state index contributed by atoms with van der Waals surface area (Å²) in [4.78, 5) is 13.9. The molecule has 2 aliphatic rings. The number of benzene rings is 2. The molecule has 46 heavy (non-hydrogen) atoms. The standard InChI is InChI=1S/C37H56O8Si/c1-26(34-19-20-41-35(42-34)28-15-17-29(39-7)18-16-28)33(38)23-31(45-46(8,9)36(2,3)4)21-30-22-32(44-37(5,6)43-30)25-40-24-27-13-11-10-12-14-27/h10-18,26,30-32,34-35H,19-25H2,1-9H3/t26-,30-,31+,32-,34-,35-/m0/s1. The van der Waals surface area contributed by atoms with E-state index in [-0.39, 0.29) is 41.2 Å². The minimum Gasteiger partial charge on any atom is -0.497 e. The van der Waals surface area contributed by atoms with Gasteiger partial charge in [0.15, 0.2) is 20.4 Å². The first-order valence-electron chi connectivity index (χ1n) is 16.7. The molecule has 2 saturated heterocycles. The quantitative estimate of drug-likeness (QED) is 0.189. The molecule has 9 heteroatoms. The Kier molecular flexibility index (Phi) is 12.7. The average Bonchev–Trinajstić information content (AvgIpc) is 2.99. The summed E-state index contributed by atoms with van der Waals surface area (Å²) >= 11 is 0. The summed E-state index contributed by atoms with van der Waals surface area (Å²) in [6.45, 7) is 18.6. The van der Waals surface area contributed by atoms with Crippen LogP contribution in [0.3, 0.4) is 0 Å². The number of hydrogen-bond donors (Lipinski definition) is 0. The van der Waals surface area contributed by atoms with E-state index in [4.69, 9.17) is 32.8 Å². The molecule has 0 bridgehead atoms. The predicted molar refractivity (Wildman–Crippen MR) is 181 cm³/mol. The Morgan fingerprint density at radius 3 is 2.35 bits per heavy atom. The van der Waals surface area contributed by atoms with Crippen LogP contribution < -0.4 is 4.74 Å². The van der Waals surface area contributed by atoms with Gasteiger partial charge in [-0.15, -0.1) is 0 Å². The highest BCUT2D eigenvalue weighted by Crippen LogP contribution is 2.40. The zero-order valence-corrected chi connectivity index (χ0v) is 30.4. The van der Waals surface area contributed by atoms with Crippen molar-refractivity contribution in [2.75, 3.05) is 20.3 Å². The zero-order valence-electron chi connectivity index (χ0n) is 29.4. The molecule has 2 heterocycles. The molecule has 2 aliphatic heterocycles. The van der Waals surface area contributed by atoms with E-state index in [1.54, 1.807) is 7.11 Å². The van der Waals surface area contributed by atoms with Crippen LogP contribution in [0.2, 0.25) is 18.1 Å². The fraction of sp³-hybridized carbons (Fsp3) is 0.649. The van der Waals surface area contributed by atoms with E-state index >= 15 is 0 Å². The first-order valence-corrected chi connectivity index (χ1v) is 19.7. The first kappa shape index (κ1) is 36.7. The lowest BCUT2D eigenvalue weighted by atomic mass is 9.91. The number of hydrogen-bond acceptors (Lipinski definition) is 8. The molecular formula is C37H56O8Si. The van der Waals surface area contributed by atoms with E-state index in [2.05, 4.69) is 46.0 Å². The van der Waals surface area contributed by atoms with Gasteiger partial charge in [-0.2, -0.15) is 0 Å². The fourth-order valence-corrected chi connectivity index (χ4v) is 7.25. The van der Waals surface area contributed by atoms with Gasteiger partial charge in [0.05, 0.1) is 51.3 Å². The summed E-state index contributed by atoms with van der Waals surface area (Å²) in [5.74, 6) is -0.163. The number of rotatable bonds is 14. The van der Waals surface area contributed by atoms with Gasteiger partial charge in [0, 0.05) is 24.3 Å². The predicted octanol–water partition coefficient (Wildman–Crippen LogP) is 8.00. The Morgan fingerprint density at radius 1 is 1.02 bits per heavy atom. The van der Waals surface area contributed by atoms with E-state index in [1.165, 1.54) is 0 Å². The largest absolute Gasteiger partial charge is 0.497 e. The van der Waals surface area contributed by atoms with E-state index < -0.39 is 20.4 Å². The third-order valence-electron chi connectivity index (χ3n) is 9.49. The second-order valence-electron chi connectivity index (χ2n) is 14.8. The van der Waals surface area contributed by atoms with Crippen molar-refractivity contribution < 1.29 is 37.6 Å². The Bertz CT molecular complexity index is 1230. The molecule has 0 aromatic heterocycles. The van der Waals surface area contributed by atoms with Gasteiger partial charge in [0.25, 0.3) is 0 Å². The molecule has 8 nitrogen and oxygen atoms in total. The van der Waals surface area contributed by atoms with Crippen LogP contribution in [-0.2, 0) is 39.5 Å². The lowest BCUT2D eigenvalue weighted by Crippen LogP contribution is -2.49. The molecule has 6 atom stereocenters. The molecule has 256 valence electrons. The summed E-state index contributed by atoms with van der Waals surface area (Å²) in [5.41, 5.74) is 2.04. The van der Waals surface area contributed by atoms with Crippen LogP contribution in [0.4, 0.5) is 0 Å². The van der Waals surface area contributed by atoms with Crippen molar-refractivity contribution in [2.24, 2.45) is 5.92 Å². The summed E-state index contributed by atoms with van der Waals surface area (Å²) in [7, 11) is -0.551. The monoisotopic (exact) mass is 656 g/mol. The second kappa shape index (κ2) is 15.9. The normalized spacial score (nSPS) is 25.1. The first-order chi connectivity index (χ1) is 21.7. The van der Waals surface area contributed by atoms with Crippen LogP contribution in [0, 0.1) is 5.92 Å². The highest BCUT2D eigenvalue weighted by molar-refractivity contribution is 6.74. The summed E-state index contributed by atoms with van der Waals surface area (Å²) in [6.07, 6.45) is 0.953. The van der Waals surface area contributed by atoms with Gasteiger partial charge in [0.2, 0.25) is 0 Å². The molecule has 0 spiro atoms. The van der Waals surface area contributed by atoms with Crippen LogP contribution in [0.1, 0.15) is 84.6 Å². The van der Waals surface area contributed by atoms with Crippen LogP contribution in [0.5, 0.6) is 5.75 Å². The molecule has 0 aliphatic carbocycles. The lowest BCUT2D eigenvalue weighted by Gasteiger charge is -2.44. The Labute approximate surface area is 277 Å². The smallest absolute Gasteiger partial charge is 0.192 e. The average molecular weight is 657 g/mol. The maximum Gasteiger partial charge on any atom is 0.192 e. The highest BCUT2D eigenvalue weighted by atomic mass is 28.4. The maximum atomic E-state index is 13.9. The Hall–Kier alpha value is -2.11. The molecule has 0 radical (unpaired) electrons. The topological polar surface area (TPSA) is 81.7 Å². The van der Waals surface area contributed by atoms with Gasteiger partial charge in [-0.05, 0) is 62.5 Å². The highest BCUT2D eigenvalue weighted by Gasteiger charge is 2.43. The molecule has 2 fully saturated rings. The lowest BCUT2D eigenvalue weighted by molar-refractivity contribution is -0.308. The molecular weight excluding hydrogens is 600 g/mol. The third kappa shape index (κ3) is 10.4. The molecule has 0 unspecified atom stereocenters. The van der Waals surface area contributed by atoms with Gasteiger partial charge >= 0.3 is 0 Å². The van der Waals surface area contributed by atoms with Crippen molar-refractivity contribution in [3.63, 3.8) is 0 Å². The third-order valence-corrected chi connectivity index (χ3v) is 14.0. The number of carbonyl (C=O) groups excluding carboxylic acids is 1. The summed E-state index contributed by atoms with van der Waals surface area (Å²) in [6, 6.07) is 17.8. The SMILES string of the molecule is COc1ccc([C@H]2OCC[C@@H]([C@@H](C)C(=O)C[C@@H](C[C@H]3C[C@@H](COCc4ccccc4)OC(C)(C)O3)O[Si](C)(C)C(C)(C)C)O2)cc1. The van der Waals surface area contributed by atoms with Gasteiger partial charge in [-0.25, -0.2) is 0 Å². The van der Waals surface area contributed by atoms with Gasteiger partial charge in [-0.3, -0.25) is 4.79 Å². The van der Waals surface area contributed by atoms with Crippen LogP contribution >= 0.6 is 0 Å². The van der Waals surface area contributed by atoms with Crippen LogP contribution in [-0.4, -0.2) is 64.6 Å². The fourth-order valence-electron chi connectivity index (χ4n) is 5.89.